The average Bonchev–Trinajstić information content (AvgIpc) is 3.22. The maximum atomic E-state index is 6.02. The quantitative estimate of drug-likeness (QED) is 0.511. The molecule has 0 saturated heterocycles. The van der Waals surface area contributed by atoms with Crippen molar-refractivity contribution in [1.29, 1.82) is 0 Å². The van der Waals surface area contributed by atoms with Gasteiger partial charge in [-0.2, -0.15) is 0 Å². The Hall–Kier alpha value is -2.79. The van der Waals surface area contributed by atoms with E-state index in [1.165, 1.54) is 0 Å². The van der Waals surface area contributed by atoms with Crippen LogP contribution in [0.2, 0.25) is 5.02 Å². The molecule has 2 heterocycles. The first-order valence-electron chi connectivity index (χ1n) is 7.50. The summed E-state index contributed by atoms with van der Waals surface area (Å²) in [6.45, 7) is 2.41. The minimum absolute atomic E-state index is 0.318. The van der Waals surface area contributed by atoms with Crippen molar-refractivity contribution in [3.8, 4) is 28.9 Å². The third-order valence-corrected chi connectivity index (χ3v) is 3.77. The fraction of sp³-hybridized carbons (Fsp3) is 0.111. The Balaban J connectivity index is 1.75. The Bertz CT molecular complexity index is 973. The molecular weight excluding hydrogens is 328 g/mol. The Kier molecular flexibility index (Phi) is 3.70. The van der Waals surface area contributed by atoms with E-state index in [0.29, 0.717) is 40.5 Å². The maximum absolute atomic E-state index is 6.02. The standard InChI is InChI=1S/C18H13ClN2O3/c1-2-22-15-10-12(19)7-8-13(15)17-20-21-18(24-17)16-9-11-5-3-4-6-14(11)23-16/h3-10H,2H2,1H3. The molecule has 120 valence electrons. The molecule has 0 aliphatic carbocycles. The first-order chi connectivity index (χ1) is 11.7. The van der Waals surface area contributed by atoms with Gasteiger partial charge in [0.25, 0.3) is 11.8 Å². The molecule has 2 aromatic heterocycles. The normalized spacial score (nSPS) is 11.1. The second-order valence-electron chi connectivity index (χ2n) is 5.13. The Morgan fingerprint density at radius 2 is 1.83 bits per heavy atom. The number of nitrogens with zero attached hydrogens (tertiary/aromatic N) is 2. The maximum Gasteiger partial charge on any atom is 0.283 e. The lowest BCUT2D eigenvalue weighted by atomic mass is 10.2. The number of hydrogen-bond donors (Lipinski definition) is 0. The van der Waals surface area contributed by atoms with Crippen LogP contribution in [-0.4, -0.2) is 16.8 Å². The van der Waals surface area contributed by atoms with E-state index < -0.39 is 0 Å². The molecule has 0 radical (unpaired) electrons. The molecule has 0 aliphatic heterocycles. The highest BCUT2D eigenvalue weighted by Crippen LogP contribution is 2.34. The molecule has 0 spiro atoms. The summed E-state index contributed by atoms with van der Waals surface area (Å²) in [5.74, 6) is 1.80. The van der Waals surface area contributed by atoms with Crippen molar-refractivity contribution < 1.29 is 13.6 Å². The molecule has 4 aromatic rings. The van der Waals surface area contributed by atoms with Gasteiger partial charge < -0.3 is 13.6 Å². The lowest BCUT2D eigenvalue weighted by Crippen LogP contribution is -1.94. The molecule has 6 heteroatoms. The molecule has 0 aliphatic rings. The van der Waals surface area contributed by atoms with Crippen LogP contribution < -0.4 is 4.74 Å². The molecule has 0 unspecified atom stereocenters. The van der Waals surface area contributed by atoms with Gasteiger partial charge in [0.2, 0.25) is 0 Å². The summed E-state index contributed by atoms with van der Waals surface area (Å²) in [6.07, 6.45) is 0. The fourth-order valence-corrected chi connectivity index (χ4v) is 2.63. The van der Waals surface area contributed by atoms with E-state index in [2.05, 4.69) is 10.2 Å². The highest BCUT2D eigenvalue weighted by atomic mass is 35.5. The Morgan fingerprint density at radius 1 is 1.00 bits per heavy atom. The van der Waals surface area contributed by atoms with Crippen molar-refractivity contribution in [2.45, 2.75) is 6.92 Å². The molecule has 5 nitrogen and oxygen atoms in total. The van der Waals surface area contributed by atoms with Gasteiger partial charge in [0.1, 0.15) is 11.3 Å². The third kappa shape index (κ3) is 2.63. The first-order valence-corrected chi connectivity index (χ1v) is 7.87. The molecule has 0 saturated carbocycles. The summed E-state index contributed by atoms with van der Waals surface area (Å²) in [5, 5.41) is 9.75. The molecular formula is C18H13ClN2O3. The van der Waals surface area contributed by atoms with Crippen molar-refractivity contribution in [3.63, 3.8) is 0 Å². The van der Waals surface area contributed by atoms with Gasteiger partial charge in [-0.05, 0) is 37.3 Å². The molecule has 0 N–H and O–H groups in total. The zero-order chi connectivity index (χ0) is 16.5. The zero-order valence-corrected chi connectivity index (χ0v) is 13.6. The summed E-state index contributed by atoms with van der Waals surface area (Å²) < 4.78 is 17.1. The summed E-state index contributed by atoms with van der Waals surface area (Å²) in [7, 11) is 0. The van der Waals surface area contributed by atoms with Crippen LogP contribution in [0.15, 0.2) is 57.4 Å². The SMILES string of the molecule is CCOc1cc(Cl)ccc1-c1nnc(-c2cc3ccccc3o2)o1. The first kappa shape index (κ1) is 14.8. The van der Waals surface area contributed by atoms with Crippen molar-refractivity contribution in [3.05, 3.63) is 53.6 Å². The van der Waals surface area contributed by atoms with Crippen molar-refractivity contribution in [2.75, 3.05) is 6.61 Å². The minimum atomic E-state index is 0.318. The molecule has 0 fully saturated rings. The zero-order valence-electron chi connectivity index (χ0n) is 12.8. The van der Waals surface area contributed by atoms with Crippen molar-refractivity contribution >= 4 is 22.6 Å². The van der Waals surface area contributed by atoms with Crippen LogP contribution >= 0.6 is 11.6 Å². The molecule has 0 atom stereocenters. The summed E-state index contributed by atoms with van der Waals surface area (Å²) in [4.78, 5) is 0. The van der Waals surface area contributed by atoms with E-state index in [0.717, 1.165) is 11.0 Å². The molecule has 2 aromatic carbocycles. The van der Waals surface area contributed by atoms with Crippen molar-refractivity contribution in [1.82, 2.24) is 10.2 Å². The number of para-hydroxylation sites is 1. The predicted molar refractivity (Wildman–Crippen MR) is 91.1 cm³/mol. The molecule has 0 bridgehead atoms. The number of fused-ring (bicyclic) bond motifs is 1. The van der Waals surface area contributed by atoms with E-state index in [1.54, 1.807) is 18.2 Å². The molecule has 4 rings (SSSR count). The van der Waals surface area contributed by atoms with E-state index in [9.17, 15) is 0 Å². The second kappa shape index (κ2) is 6.02. The highest BCUT2D eigenvalue weighted by molar-refractivity contribution is 6.30. The number of benzene rings is 2. The van der Waals surface area contributed by atoms with Crippen molar-refractivity contribution in [2.24, 2.45) is 0 Å². The Labute approximate surface area is 142 Å². The Morgan fingerprint density at radius 3 is 2.67 bits per heavy atom. The number of furan rings is 1. The largest absolute Gasteiger partial charge is 0.493 e. The fourth-order valence-electron chi connectivity index (χ4n) is 2.47. The van der Waals surface area contributed by atoms with Crippen LogP contribution in [0.1, 0.15) is 6.92 Å². The van der Waals surface area contributed by atoms with Gasteiger partial charge in [0, 0.05) is 10.4 Å². The number of rotatable bonds is 4. The smallest absolute Gasteiger partial charge is 0.283 e. The van der Waals surface area contributed by atoms with Gasteiger partial charge in [-0.15, -0.1) is 10.2 Å². The van der Waals surface area contributed by atoms with Gasteiger partial charge in [-0.3, -0.25) is 0 Å². The monoisotopic (exact) mass is 340 g/mol. The van der Waals surface area contributed by atoms with Gasteiger partial charge in [0.05, 0.1) is 12.2 Å². The molecule has 0 amide bonds. The number of aromatic nitrogens is 2. The van der Waals surface area contributed by atoms with Gasteiger partial charge >= 0.3 is 0 Å². The second-order valence-corrected chi connectivity index (χ2v) is 5.57. The van der Waals surface area contributed by atoms with E-state index in [4.69, 9.17) is 25.2 Å². The third-order valence-electron chi connectivity index (χ3n) is 3.54. The van der Waals surface area contributed by atoms with E-state index in [-0.39, 0.29) is 0 Å². The number of halogens is 1. The predicted octanol–water partition coefficient (Wildman–Crippen LogP) is 5.20. The van der Waals surface area contributed by atoms with Gasteiger partial charge in [-0.1, -0.05) is 29.8 Å². The topological polar surface area (TPSA) is 61.3 Å². The van der Waals surface area contributed by atoms with Gasteiger partial charge in [-0.25, -0.2) is 0 Å². The minimum Gasteiger partial charge on any atom is -0.493 e. The summed E-state index contributed by atoms with van der Waals surface area (Å²) in [6, 6.07) is 14.9. The lowest BCUT2D eigenvalue weighted by molar-refractivity contribution is 0.340. The summed E-state index contributed by atoms with van der Waals surface area (Å²) in [5.41, 5.74) is 1.46. The van der Waals surface area contributed by atoms with E-state index >= 15 is 0 Å². The molecule has 24 heavy (non-hydrogen) atoms. The van der Waals surface area contributed by atoms with Crippen LogP contribution in [0.4, 0.5) is 0 Å². The van der Waals surface area contributed by atoms with Crippen LogP contribution in [0.25, 0.3) is 34.1 Å². The van der Waals surface area contributed by atoms with Crippen LogP contribution in [0.3, 0.4) is 0 Å². The highest BCUT2D eigenvalue weighted by Gasteiger charge is 2.17. The number of ether oxygens (including phenoxy) is 1. The van der Waals surface area contributed by atoms with E-state index in [1.807, 2.05) is 37.3 Å². The number of hydrogen-bond acceptors (Lipinski definition) is 5. The van der Waals surface area contributed by atoms with Crippen LogP contribution in [0, 0.1) is 0 Å². The summed E-state index contributed by atoms with van der Waals surface area (Å²) >= 11 is 6.02. The lowest BCUT2D eigenvalue weighted by Gasteiger charge is -2.07. The van der Waals surface area contributed by atoms with Crippen LogP contribution in [0.5, 0.6) is 5.75 Å². The average molecular weight is 341 g/mol. The van der Waals surface area contributed by atoms with Gasteiger partial charge in [0.15, 0.2) is 5.76 Å². The van der Waals surface area contributed by atoms with Crippen LogP contribution in [-0.2, 0) is 0 Å².